The average Bonchev–Trinajstić information content (AvgIpc) is 3.12. The lowest BCUT2D eigenvalue weighted by Crippen LogP contribution is -2.44. The van der Waals surface area contributed by atoms with Crippen molar-refractivity contribution in [1.82, 2.24) is 16.2 Å². The molecule has 0 fully saturated rings. The number of benzene rings is 1. The van der Waals surface area contributed by atoms with Crippen molar-refractivity contribution in [3.05, 3.63) is 53.5 Å². The summed E-state index contributed by atoms with van der Waals surface area (Å²) in [6.45, 7) is 4.18. The maximum atomic E-state index is 11.8. The van der Waals surface area contributed by atoms with Crippen LogP contribution in [0.5, 0.6) is 0 Å². The first-order valence-corrected chi connectivity index (χ1v) is 8.12. The third kappa shape index (κ3) is 5.61. The van der Waals surface area contributed by atoms with Gasteiger partial charge >= 0.3 is 0 Å². The highest BCUT2D eigenvalue weighted by Gasteiger charge is 2.09. The van der Waals surface area contributed by atoms with Gasteiger partial charge in [-0.1, -0.05) is 12.1 Å². The second-order valence-electron chi connectivity index (χ2n) is 5.36. The van der Waals surface area contributed by atoms with Gasteiger partial charge in [-0.3, -0.25) is 20.4 Å². The highest BCUT2D eigenvalue weighted by atomic mass is 32.1. The quantitative estimate of drug-likeness (QED) is 0.481. The Morgan fingerprint density at radius 2 is 1.92 bits per heavy atom. The molecule has 2 aromatic rings. The Morgan fingerprint density at radius 3 is 2.64 bits per heavy atom. The zero-order valence-corrected chi connectivity index (χ0v) is 14.8. The summed E-state index contributed by atoms with van der Waals surface area (Å²) in [7, 11) is 0. The number of hydrogen-bond acceptors (Lipinski definition) is 4. The molecular formula is C17H20N4O3S. The van der Waals surface area contributed by atoms with Gasteiger partial charge < -0.3 is 15.1 Å². The zero-order chi connectivity index (χ0) is 18.2. The van der Waals surface area contributed by atoms with E-state index >= 15 is 0 Å². The summed E-state index contributed by atoms with van der Waals surface area (Å²) < 4.78 is 4.96. The number of aryl methyl sites for hydroxylation is 1. The van der Waals surface area contributed by atoms with E-state index in [2.05, 4.69) is 21.5 Å². The fraction of sp³-hybridized carbons (Fsp3) is 0.235. The maximum absolute atomic E-state index is 11.8. The number of carbonyl (C=O) groups is 2. The molecule has 2 amide bonds. The Balaban J connectivity index is 1.68. The summed E-state index contributed by atoms with van der Waals surface area (Å²) >= 11 is 5.15. The number of nitrogens with one attached hydrogen (secondary N) is 4. The van der Waals surface area contributed by atoms with E-state index in [4.69, 9.17) is 16.6 Å². The third-order valence-corrected chi connectivity index (χ3v) is 3.75. The molecule has 0 saturated heterocycles. The molecule has 4 N–H and O–H groups in total. The number of rotatable bonds is 5. The maximum Gasteiger partial charge on any atom is 0.286 e. The summed E-state index contributed by atoms with van der Waals surface area (Å²) in [4.78, 5) is 23.4. The van der Waals surface area contributed by atoms with Gasteiger partial charge in [-0.15, -0.1) is 0 Å². The number of thiocarbonyl (C=S) groups is 1. The molecule has 1 aromatic carbocycles. The normalized spacial score (nSPS) is 10.0. The van der Waals surface area contributed by atoms with Crippen molar-refractivity contribution in [1.29, 1.82) is 0 Å². The van der Waals surface area contributed by atoms with Crippen LogP contribution >= 0.6 is 12.2 Å². The van der Waals surface area contributed by atoms with E-state index in [-0.39, 0.29) is 35.7 Å². The number of anilines is 1. The molecule has 7 nitrogen and oxygen atoms in total. The SMILES string of the molecule is Cc1cccc(NC(=S)NNC(=O)CCNC(=O)c2ccco2)c1C. The van der Waals surface area contributed by atoms with Crippen LogP contribution in [-0.4, -0.2) is 23.5 Å². The van der Waals surface area contributed by atoms with E-state index in [0.717, 1.165) is 16.8 Å². The predicted octanol–water partition coefficient (Wildman–Crippen LogP) is 2.03. The number of carbonyl (C=O) groups excluding carboxylic acids is 2. The molecule has 8 heteroatoms. The lowest BCUT2D eigenvalue weighted by molar-refractivity contribution is -0.121. The van der Waals surface area contributed by atoms with Gasteiger partial charge in [0.25, 0.3) is 5.91 Å². The van der Waals surface area contributed by atoms with E-state index in [0.29, 0.717) is 0 Å². The molecule has 2 rings (SSSR count). The molecule has 0 saturated carbocycles. The van der Waals surface area contributed by atoms with Gasteiger partial charge in [-0.2, -0.15) is 0 Å². The summed E-state index contributed by atoms with van der Waals surface area (Å²) in [5.41, 5.74) is 8.21. The summed E-state index contributed by atoms with van der Waals surface area (Å²) in [6, 6.07) is 9.01. The molecule has 0 radical (unpaired) electrons. The lowest BCUT2D eigenvalue weighted by Gasteiger charge is -2.14. The molecule has 0 aliphatic rings. The molecule has 1 heterocycles. The molecule has 1 aromatic heterocycles. The molecule has 0 atom stereocenters. The van der Waals surface area contributed by atoms with Crippen LogP contribution in [0.2, 0.25) is 0 Å². The van der Waals surface area contributed by atoms with Crippen molar-refractivity contribution in [2.45, 2.75) is 20.3 Å². The van der Waals surface area contributed by atoms with Gasteiger partial charge in [-0.05, 0) is 55.4 Å². The van der Waals surface area contributed by atoms with Crippen LogP contribution in [0.4, 0.5) is 5.69 Å². The van der Waals surface area contributed by atoms with Crippen molar-refractivity contribution >= 4 is 34.8 Å². The monoisotopic (exact) mass is 360 g/mol. The third-order valence-electron chi connectivity index (χ3n) is 3.55. The summed E-state index contributed by atoms with van der Waals surface area (Å²) in [5.74, 6) is -0.458. The van der Waals surface area contributed by atoms with Crippen LogP contribution in [0.25, 0.3) is 0 Å². The molecule has 25 heavy (non-hydrogen) atoms. The first kappa shape index (κ1) is 18.5. The van der Waals surface area contributed by atoms with Gasteiger partial charge in [0.1, 0.15) is 0 Å². The smallest absolute Gasteiger partial charge is 0.286 e. The van der Waals surface area contributed by atoms with Gasteiger partial charge in [-0.25, -0.2) is 0 Å². The molecule has 0 bridgehead atoms. The number of amides is 2. The van der Waals surface area contributed by atoms with Gasteiger partial charge in [0.2, 0.25) is 5.91 Å². The number of hydrazine groups is 1. The lowest BCUT2D eigenvalue weighted by atomic mass is 10.1. The second-order valence-corrected chi connectivity index (χ2v) is 5.77. The van der Waals surface area contributed by atoms with Crippen molar-refractivity contribution in [2.75, 3.05) is 11.9 Å². The molecule has 132 valence electrons. The Labute approximate surface area is 151 Å². The minimum atomic E-state index is -0.363. The fourth-order valence-electron chi connectivity index (χ4n) is 2.01. The number of hydrogen-bond donors (Lipinski definition) is 4. The molecule has 0 spiro atoms. The molecule has 0 unspecified atom stereocenters. The first-order chi connectivity index (χ1) is 12.0. The van der Waals surface area contributed by atoms with E-state index in [1.807, 2.05) is 32.0 Å². The second kappa shape index (κ2) is 8.84. The fourth-order valence-corrected chi connectivity index (χ4v) is 2.17. The van der Waals surface area contributed by atoms with Crippen LogP contribution in [0.15, 0.2) is 41.0 Å². The largest absolute Gasteiger partial charge is 0.459 e. The van der Waals surface area contributed by atoms with Crippen LogP contribution < -0.4 is 21.5 Å². The topological polar surface area (TPSA) is 95.4 Å². The van der Waals surface area contributed by atoms with Gasteiger partial charge in [0, 0.05) is 18.7 Å². The minimum absolute atomic E-state index is 0.103. The van der Waals surface area contributed by atoms with Gasteiger partial charge in [0.15, 0.2) is 10.9 Å². The van der Waals surface area contributed by atoms with Crippen LogP contribution in [0, 0.1) is 13.8 Å². The van der Waals surface area contributed by atoms with E-state index < -0.39 is 0 Å². The number of furan rings is 1. The van der Waals surface area contributed by atoms with Crippen LogP contribution in [0.3, 0.4) is 0 Å². The zero-order valence-electron chi connectivity index (χ0n) is 14.0. The summed E-state index contributed by atoms with van der Waals surface area (Å²) in [5, 5.41) is 5.89. The summed E-state index contributed by atoms with van der Waals surface area (Å²) in [6.07, 6.45) is 1.51. The van der Waals surface area contributed by atoms with Crippen molar-refractivity contribution < 1.29 is 14.0 Å². The Morgan fingerprint density at radius 1 is 1.12 bits per heavy atom. The van der Waals surface area contributed by atoms with Crippen LogP contribution in [0.1, 0.15) is 28.1 Å². The minimum Gasteiger partial charge on any atom is -0.459 e. The first-order valence-electron chi connectivity index (χ1n) is 7.71. The Hall–Kier alpha value is -2.87. The molecular weight excluding hydrogens is 340 g/mol. The molecule has 0 aliphatic carbocycles. The van der Waals surface area contributed by atoms with E-state index in [1.54, 1.807) is 12.1 Å². The predicted molar refractivity (Wildman–Crippen MR) is 99.1 cm³/mol. The standard InChI is InChI=1S/C17H20N4O3S/c1-11-5-3-6-13(12(11)2)19-17(25)21-20-15(22)8-9-18-16(23)14-7-4-10-24-14/h3-7,10H,8-9H2,1-2H3,(H,18,23)(H,20,22)(H2,19,21,25). The Bertz CT molecular complexity index is 759. The Kier molecular flexibility index (Phi) is 6.53. The van der Waals surface area contributed by atoms with Crippen molar-refractivity contribution in [3.63, 3.8) is 0 Å². The average molecular weight is 360 g/mol. The van der Waals surface area contributed by atoms with Crippen molar-refractivity contribution in [3.8, 4) is 0 Å². The van der Waals surface area contributed by atoms with Crippen LogP contribution in [-0.2, 0) is 4.79 Å². The van der Waals surface area contributed by atoms with Gasteiger partial charge in [0.05, 0.1) is 6.26 Å². The van der Waals surface area contributed by atoms with E-state index in [9.17, 15) is 9.59 Å². The van der Waals surface area contributed by atoms with Crippen molar-refractivity contribution in [2.24, 2.45) is 0 Å². The van der Waals surface area contributed by atoms with E-state index in [1.165, 1.54) is 6.26 Å². The highest BCUT2D eigenvalue weighted by Crippen LogP contribution is 2.17. The highest BCUT2D eigenvalue weighted by molar-refractivity contribution is 7.80. The molecule has 0 aliphatic heterocycles.